The standard InChI is InChI=1S/C16H29N3/c1-6-17-15-10-14(11-16(12-15)18-7-2)13(5)19(8-3)9-4/h10-13,17-18H,6-9H2,1-5H3. The highest BCUT2D eigenvalue weighted by atomic mass is 15.1. The molecule has 0 aliphatic carbocycles. The molecule has 1 unspecified atom stereocenters. The highest BCUT2D eigenvalue weighted by Gasteiger charge is 2.13. The van der Waals surface area contributed by atoms with Crippen molar-refractivity contribution in [3.63, 3.8) is 0 Å². The second-order valence-corrected chi connectivity index (χ2v) is 4.80. The summed E-state index contributed by atoms with van der Waals surface area (Å²) < 4.78 is 0. The number of anilines is 2. The summed E-state index contributed by atoms with van der Waals surface area (Å²) in [5, 5.41) is 6.84. The van der Waals surface area contributed by atoms with Crippen LogP contribution in [0.25, 0.3) is 0 Å². The normalized spacial score (nSPS) is 12.5. The zero-order chi connectivity index (χ0) is 14.3. The highest BCUT2D eigenvalue weighted by molar-refractivity contribution is 5.59. The summed E-state index contributed by atoms with van der Waals surface area (Å²) in [5.74, 6) is 0. The van der Waals surface area contributed by atoms with Crippen molar-refractivity contribution in [2.24, 2.45) is 0 Å². The van der Waals surface area contributed by atoms with E-state index < -0.39 is 0 Å². The van der Waals surface area contributed by atoms with Crippen molar-refractivity contribution in [3.8, 4) is 0 Å². The number of rotatable bonds is 8. The summed E-state index contributed by atoms with van der Waals surface area (Å²) in [6.45, 7) is 15.1. The predicted molar refractivity (Wildman–Crippen MR) is 86.1 cm³/mol. The molecule has 2 N–H and O–H groups in total. The van der Waals surface area contributed by atoms with Crippen molar-refractivity contribution in [2.75, 3.05) is 36.8 Å². The summed E-state index contributed by atoms with van der Waals surface area (Å²) in [5.41, 5.74) is 3.78. The molecule has 0 bridgehead atoms. The first kappa shape index (κ1) is 15.8. The zero-order valence-corrected chi connectivity index (χ0v) is 13.1. The van der Waals surface area contributed by atoms with Gasteiger partial charge in [-0.1, -0.05) is 13.8 Å². The maximum absolute atomic E-state index is 3.42. The van der Waals surface area contributed by atoms with E-state index in [4.69, 9.17) is 0 Å². The molecule has 1 atom stereocenters. The first-order valence-corrected chi connectivity index (χ1v) is 7.52. The molecule has 3 nitrogen and oxygen atoms in total. The Bertz CT molecular complexity index is 348. The van der Waals surface area contributed by atoms with Crippen LogP contribution in [0.2, 0.25) is 0 Å². The average Bonchev–Trinajstić information content (AvgIpc) is 2.40. The van der Waals surface area contributed by atoms with Gasteiger partial charge in [0.1, 0.15) is 0 Å². The monoisotopic (exact) mass is 263 g/mol. The highest BCUT2D eigenvalue weighted by Crippen LogP contribution is 2.27. The molecule has 0 aliphatic heterocycles. The van der Waals surface area contributed by atoms with Gasteiger partial charge in [-0.25, -0.2) is 0 Å². The second-order valence-electron chi connectivity index (χ2n) is 4.80. The molecule has 1 aromatic rings. The van der Waals surface area contributed by atoms with Crippen LogP contribution in [0.15, 0.2) is 18.2 Å². The van der Waals surface area contributed by atoms with E-state index in [1.165, 1.54) is 16.9 Å². The van der Waals surface area contributed by atoms with E-state index in [0.717, 1.165) is 26.2 Å². The molecule has 0 fully saturated rings. The van der Waals surface area contributed by atoms with Gasteiger partial charge in [-0.05, 0) is 57.6 Å². The van der Waals surface area contributed by atoms with Gasteiger partial charge in [-0.3, -0.25) is 4.90 Å². The van der Waals surface area contributed by atoms with E-state index in [0.29, 0.717) is 6.04 Å². The van der Waals surface area contributed by atoms with Crippen LogP contribution in [-0.2, 0) is 0 Å². The molecule has 0 radical (unpaired) electrons. The minimum Gasteiger partial charge on any atom is -0.385 e. The van der Waals surface area contributed by atoms with Crippen LogP contribution in [0.3, 0.4) is 0 Å². The van der Waals surface area contributed by atoms with Gasteiger partial charge in [-0.2, -0.15) is 0 Å². The summed E-state index contributed by atoms with van der Waals surface area (Å²) in [6, 6.07) is 7.18. The quantitative estimate of drug-likeness (QED) is 0.743. The molecule has 0 aliphatic rings. The lowest BCUT2D eigenvalue weighted by Gasteiger charge is -2.27. The maximum atomic E-state index is 3.42. The van der Waals surface area contributed by atoms with E-state index in [1.54, 1.807) is 0 Å². The Kier molecular flexibility index (Phi) is 6.71. The SMILES string of the molecule is CCNc1cc(NCC)cc(C(C)N(CC)CC)c1. The Morgan fingerprint density at radius 1 is 0.895 bits per heavy atom. The fraction of sp³-hybridized carbons (Fsp3) is 0.625. The Balaban J connectivity index is 3.03. The van der Waals surface area contributed by atoms with Crippen LogP contribution in [0.5, 0.6) is 0 Å². The first-order chi connectivity index (χ1) is 9.15. The van der Waals surface area contributed by atoms with Gasteiger partial charge in [-0.15, -0.1) is 0 Å². The summed E-state index contributed by atoms with van der Waals surface area (Å²) in [6.07, 6.45) is 0. The van der Waals surface area contributed by atoms with Crippen LogP contribution in [-0.4, -0.2) is 31.1 Å². The van der Waals surface area contributed by atoms with Crippen molar-refractivity contribution in [1.29, 1.82) is 0 Å². The van der Waals surface area contributed by atoms with E-state index in [-0.39, 0.29) is 0 Å². The van der Waals surface area contributed by atoms with Gasteiger partial charge >= 0.3 is 0 Å². The van der Waals surface area contributed by atoms with Crippen LogP contribution in [0.1, 0.15) is 46.2 Å². The molecule has 1 rings (SSSR count). The van der Waals surface area contributed by atoms with Gasteiger partial charge in [0.05, 0.1) is 0 Å². The molecule has 3 heteroatoms. The van der Waals surface area contributed by atoms with Crippen molar-refractivity contribution < 1.29 is 0 Å². The van der Waals surface area contributed by atoms with Crippen LogP contribution in [0.4, 0.5) is 11.4 Å². The summed E-state index contributed by atoms with van der Waals surface area (Å²) in [7, 11) is 0. The molecular weight excluding hydrogens is 234 g/mol. The molecule has 0 heterocycles. The van der Waals surface area contributed by atoms with Crippen molar-refractivity contribution in [1.82, 2.24) is 4.90 Å². The van der Waals surface area contributed by atoms with Crippen molar-refractivity contribution >= 4 is 11.4 Å². The smallest absolute Gasteiger partial charge is 0.0364 e. The van der Waals surface area contributed by atoms with Gasteiger partial charge in [0, 0.05) is 30.5 Å². The Hall–Kier alpha value is -1.22. The number of nitrogens with zero attached hydrogens (tertiary/aromatic N) is 1. The maximum Gasteiger partial charge on any atom is 0.0364 e. The molecule has 108 valence electrons. The third-order valence-electron chi connectivity index (χ3n) is 3.56. The van der Waals surface area contributed by atoms with Crippen LogP contribution < -0.4 is 10.6 Å². The summed E-state index contributed by atoms with van der Waals surface area (Å²) in [4.78, 5) is 2.47. The van der Waals surface area contributed by atoms with E-state index in [1.807, 2.05) is 0 Å². The number of nitrogens with one attached hydrogen (secondary N) is 2. The van der Waals surface area contributed by atoms with Crippen LogP contribution in [0, 0.1) is 0 Å². The van der Waals surface area contributed by atoms with Crippen molar-refractivity contribution in [2.45, 2.75) is 40.7 Å². The minimum atomic E-state index is 0.450. The van der Waals surface area contributed by atoms with Crippen LogP contribution >= 0.6 is 0 Å². The van der Waals surface area contributed by atoms with E-state index in [2.05, 4.69) is 68.4 Å². The summed E-state index contributed by atoms with van der Waals surface area (Å²) >= 11 is 0. The molecule has 0 amide bonds. The average molecular weight is 263 g/mol. The fourth-order valence-corrected chi connectivity index (χ4v) is 2.49. The Labute approximate surface area is 118 Å². The molecular formula is C16H29N3. The van der Waals surface area contributed by atoms with Gasteiger partial charge in [0.15, 0.2) is 0 Å². The molecule has 0 spiro atoms. The van der Waals surface area contributed by atoms with Gasteiger partial charge in [0.2, 0.25) is 0 Å². The topological polar surface area (TPSA) is 27.3 Å². The molecule has 0 saturated heterocycles. The number of hydrogen-bond donors (Lipinski definition) is 2. The van der Waals surface area contributed by atoms with E-state index in [9.17, 15) is 0 Å². The number of benzene rings is 1. The molecule has 0 saturated carbocycles. The van der Waals surface area contributed by atoms with E-state index >= 15 is 0 Å². The largest absolute Gasteiger partial charge is 0.385 e. The fourth-order valence-electron chi connectivity index (χ4n) is 2.49. The molecule has 1 aromatic carbocycles. The van der Waals surface area contributed by atoms with Gasteiger partial charge < -0.3 is 10.6 Å². The second kappa shape index (κ2) is 8.05. The predicted octanol–water partition coefficient (Wildman–Crippen LogP) is 3.95. The molecule has 0 aromatic heterocycles. The number of hydrogen-bond acceptors (Lipinski definition) is 3. The Morgan fingerprint density at radius 3 is 1.74 bits per heavy atom. The minimum absolute atomic E-state index is 0.450. The lowest BCUT2D eigenvalue weighted by atomic mass is 10.0. The van der Waals surface area contributed by atoms with Gasteiger partial charge in [0.25, 0.3) is 0 Å². The Morgan fingerprint density at radius 2 is 1.37 bits per heavy atom. The third-order valence-corrected chi connectivity index (χ3v) is 3.56. The van der Waals surface area contributed by atoms with Crippen molar-refractivity contribution in [3.05, 3.63) is 23.8 Å². The third kappa shape index (κ3) is 4.43. The lowest BCUT2D eigenvalue weighted by Crippen LogP contribution is -2.26. The molecule has 19 heavy (non-hydrogen) atoms. The zero-order valence-electron chi connectivity index (χ0n) is 13.1. The first-order valence-electron chi connectivity index (χ1n) is 7.52. The lowest BCUT2D eigenvalue weighted by molar-refractivity contribution is 0.234.